The number of unbranched alkanes of at least 4 members (excludes halogenated alkanes) is 18. The van der Waals surface area contributed by atoms with E-state index in [-0.39, 0.29) is 17.9 Å². The Balaban J connectivity index is 5.33. The second-order valence-corrected chi connectivity index (χ2v) is 19.2. The molecule has 368 valence electrons. The maximum Gasteiger partial charge on any atom is 0.307 e. The van der Waals surface area contributed by atoms with E-state index < -0.39 is 0 Å². The minimum atomic E-state index is -0.0802. The van der Waals surface area contributed by atoms with Crippen LogP contribution in [0.25, 0.3) is 0 Å². The Hall–Kier alpha value is -1.67. The molecule has 2 atom stereocenters. The van der Waals surface area contributed by atoms with Crippen molar-refractivity contribution in [1.82, 2.24) is 9.80 Å². The van der Waals surface area contributed by atoms with Crippen LogP contribution in [0, 0.1) is 11.8 Å². The van der Waals surface area contributed by atoms with Gasteiger partial charge in [0.05, 0.1) is 26.2 Å². The molecule has 0 rings (SSSR count). The third kappa shape index (κ3) is 39.9. The van der Waals surface area contributed by atoms with Gasteiger partial charge in [-0.25, -0.2) is 0 Å². The molecule has 0 aromatic rings. The average Bonchev–Trinajstić information content (AvgIpc) is 3.26. The normalized spacial score (nSPS) is 13.1. The predicted octanol–water partition coefficient (Wildman–Crippen LogP) is 14.8. The molecule has 8 heteroatoms. The molecule has 62 heavy (non-hydrogen) atoms. The SMILES string of the molecule is CCCCCCCCOC(=O)CCN(CCCCN(C)C)C(CCCCCC(=O)OCC(CCCC)CCCCCC)CCCCCC(=O)OCC(CCCC)CCCCCC. The summed E-state index contributed by atoms with van der Waals surface area (Å²) in [5.41, 5.74) is 0. The first kappa shape index (κ1) is 60.3. The van der Waals surface area contributed by atoms with Crippen molar-refractivity contribution in [3.63, 3.8) is 0 Å². The van der Waals surface area contributed by atoms with Gasteiger partial charge in [-0.3, -0.25) is 19.3 Å². The molecule has 2 unspecified atom stereocenters. The molecule has 0 aliphatic rings. The van der Waals surface area contributed by atoms with E-state index >= 15 is 0 Å². The third-order valence-corrected chi connectivity index (χ3v) is 12.8. The zero-order valence-electron chi connectivity index (χ0n) is 42.6. The second kappa shape index (κ2) is 45.9. The standard InChI is InChI=1S/C54H106N2O6/c1-8-13-18-21-22-33-46-60-54(59)42-45-56(44-32-31-43-55(6)7)51(38-27-23-29-40-52(57)61-47-49(34-16-11-4)36-25-19-14-9-2)39-28-24-30-41-53(58)62-48-50(35-17-12-5)37-26-20-15-10-3/h49-51H,8-48H2,1-7H3. The summed E-state index contributed by atoms with van der Waals surface area (Å²) in [6.45, 7) is 15.6. The monoisotopic (exact) mass is 879 g/mol. The number of hydrogen-bond acceptors (Lipinski definition) is 8. The largest absolute Gasteiger partial charge is 0.466 e. The summed E-state index contributed by atoms with van der Waals surface area (Å²) in [5.74, 6) is 0.822. The molecule has 0 N–H and O–H groups in total. The first-order valence-electron chi connectivity index (χ1n) is 27.1. The summed E-state index contributed by atoms with van der Waals surface area (Å²) in [7, 11) is 4.26. The maximum absolute atomic E-state index is 13.0. The van der Waals surface area contributed by atoms with Crippen LogP contribution in [0.3, 0.4) is 0 Å². The maximum atomic E-state index is 13.0. The molecular formula is C54H106N2O6. The summed E-state index contributed by atoms with van der Waals surface area (Å²) >= 11 is 0. The molecule has 0 saturated carbocycles. The first-order valence-corrected chi connectivity index (χ1v) is 27.1. The van der Waals surface area contributed by atoms with Gasteiger partial charge in [0.25, 0.3) is 0 Å². The summed E-state index contributed by atoms with van der Waals surface area (Å²) in [5, 5.41) is 0. The van der Waals surface area contributed by atoms with E-state index in [0.29, 0.717) is 57.0 Å². The molecule has 0 spiro atoms. The lowest BCUT2D eigenvalue weighted by Gasteiger charge is -2.32. The molecule has 0 radical (unpaired) electrons. The molecule has 8 nitrogen and oxygen atoms in total. The van der Waals surface area contributed by atoms with E-state index in [1.54, 1.807) is 0 Å². The van der Waals surface area contributed by atoms with Gasteiger partial charge in [0, 0.05) is 25.4 Å². The van der Waals surface area contributed by atoms with E-state index in [2.05, 4.69) is 58.5 Å². The number of rotatable bonds is 48. The Bertz CT molecular complexity index is 942. The van der Waals surface area contributed by atoms with Crippen LogP contribution in [-0.4, -0.2) is 87.3 Å². The highest BCUT2D eigenvalue weighted by molar-refractivity contribution is 5.70. The van der Waals surface area contributed by atoms with Crippen molar-refractivity contribution in [2.45, 2.75) is 265 Å². The van der Waals surface area contributed by atoms with Crippen LogP contribution in [0.2, 0.25) is 0 Å². The first-order chi connectivity index (χ1) is 30.2. The average molecular weight is 879 g/mol. The van der Waals surface area contributed by atoms with Crippen molar-refractivity contribution in [3.05, 3.63) is 0 Å². The Morgan fingerprint density at radius 2 is 0.758 bits per heavy atom. The summed E-state index contributed by atoms with van der Waals surface area (Å²) in [6, 6.07) is 0.360. The fourth-order valence-electron chi connectivity index (χ4n) is 8.65. The van der Waals surface area contributed by atoms with Crippen LogP contribution in [0.4, 0.5) is 0 Å². The predicted molar refractivity (Wildman–Crippen MR) is 264 cm³/mol. The molecule has 0 saturated heterocycles. The smallest absolute Gasteiger partial charge is 0.307 e. The molecule has 0 amide bonds. The lowest BCUT2D eigenvalue weighted by Crippen LogP contribution is -2.38. The molecule has 0 bridgehead atoms. The van der Waals surface area contributed by atoms with Gasteiger partial charge in [-0.1, -0.05) is 169 Å². The molecule has 0 aliphatic heterocycles. The van der Waals surface area contributed by atoms with Gasteiger partial charge in [0.2, 0.25) is 0 Å². The number of esters is 3. The highest BCUT2D eigenvalue weighted by Crippen LogP contribution is 2.22. The molecular weight excluding hydrogens is 773 g/mol. The molecule has 0 aromatic heterocycles. The molecule has 0 aliphatic carbocycles. The van der Waals surface area contributed by atoms with Gasteiger partial charge in [0.15, 0.2) is 0 Å². The Morgan fingerprint density at radius 3 is 1.24 bits per heavy atom. The minimum Gasteiger partial charge on any atom is -0.466 e. The number of ether oxygens (including phenoxy) is 3. The summed E-state index contributed by atoms with van der Waals surface area (Å²) < 4.78 is 17.4. The van der Waals surface area contributed by atoms with Gasteiger partial charge < -0.3 is 19.1 Å². The van der Waals surface area contributed by atoms with E-state index in [1.807, 2.05) is 0 Å². The zero-order valence-corrected chi connectivity index (χ0v) is 42.6. The van der Waals surface area contributed by atoms with E-state index in [1.165, 1.54) is 116 Å². The molecule has 0 fully saturated rings. The number of hydrogen-bond donors (Lipinski definition) is 0. The van der Waals surface area contributed by atoms with E-state index in [4.69, 9.17) is 14.2 Å². The van der Waals surface area contributed by atoms with Gasteiger partial charge in [-0.15, -0.1) is 0 Å². The Morgan fingerprint density at radius 1 is 0.371 bits per heavy atom. The third-order valence-electron chi connectivity index (χ3n) is 12.8. The summed E-state index contributed by atoms with van der Waals surface area (Å²) in [6.07, 6.45) is 38.1. The van der Waals surface area contributed by atoms with Gasteiger partial charge >= 0.3 is 17.9 Å². The number of carbonyl (C=O) groups is 3. The zero-order chi connectivity index (χ0) is 45.7. The highest BCUT2D eigenvalue weighted by Gasteiger charge is 2.20. The van der Waals surface area contributed by atoms with Gasteiger partial charge in [-0.05, 0) is 110 Å². The van der Waals surface area contributed by atoms with E-state index in [9.17, 15) is 14.4 Å². The highest BCUT2D eigenvalue weighted by atomic mass is 16.5. The van der Waals surface area contributed by atoms with E-state index in [0.717, 1.165) is 110 Å². The van der Waals surface area contributed by atoms with Crippen molar-refractivity contribution in [2.24, 2.45) is 11.8 Å². The number of nitrogens with zero attached hydrogens (tertiary/aromatic N) is 2. The van der Waals surface area contributed by atoms with Crippen LogP contribution in [-0.2, 0) is 28.6 Å². The Kier molecular flexibility index (Phi) is 44.6. The van der Waals surface area contributed by atoms with Crippen molar-refractivity contribution in [2.75, 3.05) is 53.6 Å². The van der Waals surface area contributed by atoms with Crippen molar-refractivity contribution < 1.29 is 28.6 Å². The van der Waals surface area contributed by atoms with Crippen LogP contribution in [0.1, 0.15) is 259 Å². The lowest BCUT2D eigenvalue weighted by atomic mass is 9.96. The topological polar surface area (TPSA) is 85.4 Å². The lowest BCUT2D eigenvalue weighted by molar-refractivity contribution is -0.146. The fraction of sp³-hybridized carbons (Fsp3) is 0.944. The van der Waals surface area contributed by atoms with Crippen LogP contribution in [0.5, 0.6) is 0 Å². The van der Waals surface area contributed by atoms with Gasteiger partial charge in [-0.2, -0.15) is 0 Å². The van der Waals surface area contributed by atoms with Crippen LogP contribution in [0.15, 0.2) is 0 Å². The second-order valence-electron chi connectivity index (χ2n) is 19.2. The van der Waals surface area contributed by atoms with Crippen molar-refractivity contribution >= 4 is 17.9 Å². The Labute approximate surface area is 385 Å². The quantitative estimate of drug-likeness (QED) is 0.0339. The molecule has 0 aromatic carbocycles. The van der Waals surface area contributed by atoms with Crippen LogP contribution < -0.4 is 0 Å². The van der Waals surface area contributed by atoms with Crippen LogP contribution >= 0.6 is 0 Å². The number of carbonyl (C=O) groups excluding carboxylic acids is 3. The fourth-order valence-corrected chi connectivity index (χ4v) is 8.65. The van der Waals surface area contributed by atoms with Crippen molar-refractivity contribution in [3.8, 4) is 0 Å². The summed E-state index contributed by atoms with van der Waals surface area (Å²) in [4.78, 5) is 43.4. The van der Waals surface area contributed by atoms with Gasteiger partial charge in [0.1, 0.15) is 0 Å². The van der Waals surface area contributed by atoms with Crippen molar-refractivity contribution in [1.29, 1.82) is 0 Å². The molecule has 0 heterocycles. The minimum absolute atomic E-state index is 0.0411.